The first-order chi connectivity index (χ1) is 5.29. The van der Waals surface area contributed by atoms with Gasteiger partial charge in [-0.15, -0.1) is 0 Å². The molecule has 7 heteroatoms. The highest BCUT2D eigenvalue weighted by molar-refractivity contribution is 7.94. The van der Waals surface area contributed by atoms with Gasteiger partial charge in [0, 0.05) is 5.41 Å². The number of sulfonamides is 1. The number of hydrogen-bond donors (Lipinski definition) is 1. The summed E-state index contributed by atoms with van der Waals surface area (Å²) in [5.41, 5.74) is 0. The third-order valence-corrected chi connectivity index (χ3v) is 3.42. The van der Waals surface area contributed by atoms with Crippen molar-refractivity contribution in [3.63, 3.8) is 0 Å². The van der Waals surface area contributed by atoms with Gasteiger partial charge in [-0.1, -0.05) is 6.08 Å². The summed E-state index contributed by atoms with van der Waals surface area (Å²) in [6.45, 7) is 0. The zero-order chi connectivity index (χ0) is 9.41. The van der Waals surface area contributed by atoms with Gasteiger partial charge in [-0.05, 0) is 0 Å². The van der Waals surface area contributed by atoms with Gasteiger partial charge in [0.05, 0.1) is 18.1 Å². The van der Waals surface area contributed by atoms with Crippen LogP contribution >= 0.6 is 0 Å². The summed E-state index contributed by atoms with van der Waals surface area (Å²) >= 11 is 0. The molecule has 1 heterocycles. The van der Waals surface area contributed by atoms with Crippen LogP contribution in [0, 0.1) is 0 Å². The van der Waals surface area contributed by atoms with E-state index in [0.717, 1.165) is 11.7 Å². The molecule has 1 aliphatic rings. The Morgan fingerprint density at radius 3 is 2.42 bits per heavy atom. The van der Waals surface area contributed by atoms with Crippen LogP contribution in [0.3, 0.4) is 0 Å². The van der Waals surface area contributed by atoms with Crippen LogP contribution in [0.4, 0.5) is 0 Å². The van der Waals surface area contributed by atoms with E-state index in [1.807, 2.05) is 0 Å². The lowest BCUT2D eigenvalue weighted by Gasteiger charge is -2.05. The first-order valence-electron chi connectivity index (χ1n) is 3.17. The van der Waals surface area contributed by atoms with Crippen molar-refractivity contribution in [2.24, 2.45) is 0 Å². The second-order valence-electron chi connectivity index (χ2n) is 2.65. The van der Waals surface area contributed by atoms with E-state index in [1.54, 1.807) is 0 Å². The molecule has 0 fully saturated rings. The topological polar surface area (TPSA) is 80.3 Å². The first-order valence-corrected chi connectivity index (χ1v) is 6.77. The lowest BCUT2D eigenvalue weighted by Crippen LogP contribution is -2.34. The third kappa shape index (κ3) is 2.92. The van der Waals surface area contributed by atoms with Crippen LogP contribution in [0.1, 0.15) is 0 Å². The summed E-state index contributed by atoms with van der Waals surface area (Å²) in [5.74, 6) is -0.180. The highest BCUT2D eigenvalue weighted by atomic mass is 32.2. The van der Waals surface area contributed by atoms with E-state index in [9.17, 15) is 16.8 Å². The Bertz CT molecular complexity index is 391. The van der Waals surface area contributed by atoms with Gasteiger partial charge in [-0.3, -0.25) is 0 Å². The number of rotatable bonds is 2. The van der Waals surface area contributed by atoms with Crippen molar-refractivity contribution >= 4 is 19.9 Å². The molecule has 0 aromatic carbocycles. The van der Waals surface area contributed by atoms with E-state index in [-0.39, 0.29) is 5.75 Å². The molecule has 0 radical (unpaired) electrons. The third-order valence-electron chi connectivity index (χ3n) is 1.30. The van der Waals surface area contributed by atoms with Crippen LogP contribution in [0.5, 0.6) is 0 Å². The van der Waals surface area contributed by atoms with E-state index < -0.39 is 25.9 Å². The predicted octanol–water partition coefficient (Wildman–Crippen LogP) is -1.15. The fourth-order valence-electron chi connectivity index (χ4n) is 0.924. The van der Waals surface area contributed by atoms with Crippen LogP contribution in [-0.2, 0) is 19.9 Å². The smallest absolute Gasteiger partial charge is 0.209 e. The summed E-state index contributed by atoms with van der Waals surface area (Å²) in [6, 6.07) is -0.606. The Morgan fingerprint density at radius 2 is 2.08 bits per heavy atom. The van der Waals surface area contributed by atoms with E-state index >= 15 is 0 Å². The van der Waals surface area contributed by atoms with Crippen LogP contribution in [0.25, 0.3) is 0 Å². The van der Waals surface area contributed by atoms with Crippen LogP contribution < -0.4 is 4.72 Å². The first kappa shape index (κ1) is 9.69. The normalized spacial score (nSPS) is 27.6. The number of nitrogens with one attached hydrogen (secondary N) is 1. The molecule has 0 saturated heterocycles. The molecule has 0 aromatic rings. The van der Waals surface area contributed by atoms with Crippen molar-refractivity contribution in [2.75, 3.05) is 12.0 Å². The van der Waals surface area contributed by atoms with Gasteiger partial charge < -0.3 is 0 Å². The minimum atomic E-state index is -3.32. The molecule has 12 heavy (non-hydrogen) atoms. The van der Waals surface area contributed by atoms with Crippen LogP contribution in [-0.4, -0.2) is 34.9 Å². The predicted molar refractivity (Wildman–Crippen MR) is 44.7 cm³/mol. The maximum atomic E-state index is 10.8. The molecule has 70 valence electrons. The molecule has 1 aliphatic heterocycles. The Morgan fingerprint density at radius 1 is 1.50 bits per heavy atom. The van der Waals surface area contributed by atoms with Crippen LogP contribution in [0.15, 0.2) is 11.5 Å². The van der Waals surface area contributed by atoms with Gasteiger partial charge >= 0.3 is 0 Å². The molecule has 0 amide bonds. The molecule has 0 saturated carbocycles. The molecule has 0 spiro atoms. The highest BCUT2D eigenvalue weighted by Crippen LogP contribution is 2.08. The fraction of sp³-hybridized carbons (Fsp3) is 0.600. The van der Waals surface area contributed by atoms with Crippen molar-refractivity contribution < 1.29 is 16.8 Å². The average Bonchev–Trinajstić information content (AvgIpc) is 2.05. The van der Waals surface area contributed by atoms with Gasteiger partial charge in [-0.2, -0.15) is 0 Å². The Labute approximate surface area is 71.4 Å². The Balaban J connectivity index is 2.69. The molecule has 0 bridgehead atoms. The molecule has 1 atom stereocenters. The summed E-state index contributed by atoms with van der Waals surface area (Å²) in [6.07, 6.45) is 2.32. The maximum absolute atomic E-state index is 10.8. The largest absolute Gasteiger partial charge is 0.224 e. The van der Waals surface area contributed by atoms with Gasteiger partial charge in [0.2, 0.25) is 10.0 Å². The molecule has 1 rings (SSSR count). The highest BCUT2D eigenvalue weighted by Gasteiger charge is 2.23. The van der Waals surface area contributed by atoms with E-state index in [1.165, 1.54) is 6.08 Å². The second kappa shape index (κ2) is 2.82. The summed E-state index contributed by atoms with van der Waals surface area (Å²) in [4.78, 5) is 0. The minimum absolute atomic E-state index is 0.180. The number of sulfone groups is 1. The molecule has 0 aliphatic carbocycles. The fourth-order valence-corrected chi connectivity index (χ4v) is 2.98. The Kier molecular flexibility index (Phi) is 2.28. The zero-order valence-electron chi connectivity index (χ0n) is 6.39. The summed E-state index contributed by atoms with van der Waals surface area (Å²) in [5, 5.41) is 1.02. The average molecular weight is 211 g/mol. The lowest BCUT2D eigenvalue weighted by atomic mass is 10.4. The molecular formula is C5H9NO4S2. The van der Waals surface area contributed by atoms with E-state index in [4.69, 9.17) is 0 Å². The van der Waals surface area contributed by atoms with Gasteiger partial charge in [0.1, 0.15) is 0 Å². The minimum Gasteiger partial charge on any atom is -0.224 e. The second-order valence-corrected chi connectivity index (χ2v) is 6.37. The summed E-state index contributed by atoms with van der Waals surface area (Å²) in [7, 11) is -6.50. The molecular weight excluding hydrogens is 202 g/mol. The number of hydrogen-bond acceptors (Lipinski definition) is 4. The monoisotopic (exact) mass is 211 g/mol. The van der Waals surface area contributed by atoms with Gasteiger partial charge in [-0.25, -0.2) is 21.6 Å². The molecule has 1 unspecified atom stereocenters. The quantitative estimate of drug-likeness (QED) is 0.625. The van der Waals surface area contributed by atoms with Crippen molar-refractivity contribution in [1.82, 2.24) is 4.72 Å². The standard InChI is InChI=1S/C5H9NO4S2/c1-11(7,8)6-5-2-3-12(9,10)4-5/h2-3,5-6H,4H2,1H3. The van der Waals surface area contributed by atoms with Crippen molar-refractivity contribution in [2.45, 2.75) is 6.04 Å². The van der Waals surface area contributed by atoms with E-state index in [2.05, 4.69) is 4.72 Å². The maximum Gasteiger partial charge on any atom is 0.209 e. The van der Waals surface area contributed by atoms with Gasteiger partial charge in [0.25, 0.3) is 0 Å². The van der Waals surface area contributed by atoms with Crippen molar-refractivity contribution in [3.05, 3.63) is 11.5 Å². The molecule has 1 N–H and O–H groups in total. The lowest BCUT2D eigenvalue weighted by molar-refractivity contribution is 0.580. The van der Waals surface area contributed by atoms with Gasteiger partial charge in [0.15, 0.2) is 9.84 Å². The van der Waals surface area contributed by atoms with Crippen molar-refractivity contribution in [3.8, 4) is 0 Å². The zero-order valence-corrected chi connectivity index (χ0v) is 8.02. The molecule has 0 aromatic heterocycles. The van der Waals surface area contributed by atoms with E-state index in [0.29, 0.717) is 0 Å². The van der Waals surface area contributed by atoms with Crippen molar-refractivity contribution in [1.29, 1.82) is 0 Å². The van der Waals surface area contributed by atoms with Crippen LogP contribution in [0.2, 0.25) is 0 Å². The SMILES string of the molecule is CS(=O)(=O)NC1C=CS(=O)(=O)C1. The molecule has 5 nitrogen and oxygen atoms in total. The Hall–Kier alpha value is -0.400. The summed E-state index contributed by atoms with van der Waals surface area (Å²) < 4.78 is 45.1.